The summed E-state index contributed by atoms with van der Waals surface area (Å²) in [5.41, 5.74) is -7.19. The van der Waals surface area contributed by atoms with Crippen LogP contribution >= 0.6 is 0 Å². The lowest BCUT2D eigenvalue weighted by Gasteiger charge is -2.18. The van der Waals surface area contributed by atoms with Gasteiger partial charge in [0, 0.05) is 10.8 Å². The first-order valence-corrected chi connectivity index (χ1v) is 13.2. The van der Waals surface area contributed by atoms with Gasteiger partial charge in [0.25, 0.3) is 0 Å². The average Bonchev–Trinajstić information content (AvgIpc) is 3.77. The topological polar surface area (TPSA) is 13.1 Å². The molecule has 1 heteroatoms. The zero-order valence-electron chi connectivity index (χ0n) is 50.4. The molecule has 0 spiro atoms. The lowest BCUT2D eigenvalue weighted by atomic mass is 9.86. The highest BCUT2D eigenvalue weighted by Crippen LogP contribution is 2.44. The van der Waals surface area contributed by atoms with Gasteiger partial charge in [0.15, 0.2) is 0 Å². The Bertz CT molecular complexity index is 3950. The van der Waals surface area contributed by atoms with E-state index in [-0.39, 0.29) is 0 Å². The fourth-order valence-corrected chi connectivity index (χ4v) is 5.20. The molecular formula is C44H28O. The van der Waals surface area contributed by atoms with Crippen LogP contribution in [0.5, 0.6) is 0 Å². The third kappa shape index (κ3) is 4.17. The predicted molar refractivity (Wildman–Crippen MR) is 190 cm³/mol. The van der Waals surface area contributed by atoms with Crippen LogP contribution < -0.4 is 0 Å². The highest BCUT2D eigenvalue weighted by Gasteiger charge is 2.17. The molecule has 8 aromatic carbocycles. The number of benzene rings is 8. The van der Waals surface area contributed by atoms with Crippen molar-refractivity contribution in [2.75, 3.05) is 0 Å². The smallest absolute Gasteiger partial charge is 0.136 e. The van der Waals surface area contributed by atoms with Gasteiger partial charge < -0.3 is 4.42 Å². The summed E-state index contributed by atoms with van der Waals surface area (Å²) in [6.45, 7) is 0. The molecule has 0 saturated carbocycles. The summed E-state index contributed by atoms with van der Waals surface area (Å²) in [7, 11) is 0. The molecule has 210 valence electrons. The Balaban J connectivity index is 1.46. The molecule has 9 aromatic rings. The van der Waals surface area contributed by atoms with Gasteiger partial charge >= 0.3 is 0 Å². The quantitative estimate of drug-likeness (QED) is 0.183. The summed E-state index contributed by atoms with van der Waals surface area (Å²) in [5.74, 6) is 0. The lowest BCUT2D eigenvalue weighted by Crippen LogP contribution is -1.90. The molecule has 0 unspecified atom stereocenters. The van der Waals surface area contributed by atoms with Crippen molar-refractivity contribution in [1.29, 1.82) is 0 Å². The van der Waals surface area contributed by atoms with Crippen LogP contribution in [0.4, 0.5) is 0 Å². The molecule has 1 heterocycles. The SMILES string of the molecule is [2H]c1c([2H])c([2H])c(-c2c3c([2H])c([2H])c([2H])c([2H])c3c(-c3c([2H])c([2H])c(-c4c([2H])c([2H])c5c(oc6c([2H])c([2H])c([2H])c(-c7c([2H])c([2H])c([2H])c([2H])c7[2H])c65)c4[2H])c([2H])c3[2H])c3c([2H])c([2H])c([2H])c([2H])c23)c([2H])c1[2H]. The van der Waals surface area contributed by atoms with Crippen LogP contribution in [0.1, 0.15) is 38.4 Å². The molecule has 0 saturated heterocycles. The molecule has 0 amide bonds. The summed E-state index contributed by atoms with van der Waals surface area (Å²) >= 11 is 0. The second kappa shape index (κ2) is 10.4. The third-order valence-corrected chi connectivity index (χ3v) is 7.07. The van der Waals surface area contributed by atoms with Crippen LogP contribution in [0.2, 0.25) is 0 Å². The van der Waals surface area contributed by atoms with E-state index >= 15 is 0 Å². The second-order valence-corrected chi connectivity index (χ2v) is 9.51. The Hall–Kier alpha value is -5.92. The first-order valence-electron chi connectivity index (χ1n) is 27.2. The number of rotatable bonds is 4. The predicted octanol–water partition coefficient (Wildman–Crippen LogP) is 12.6. The van der Waals surface area contributed by atoms with E-state index in [1.807, 2.05) is 0 Å². The molecule has 0 fully saturated rings. The second-order valence-electron chi connectivity index (χ2n) is 9.51. The summed E-state index contributed by atoms with van der Waals surface area (Å²) in [4.78, 5) is 0. The first kappa shape index (κ1) is 10.1. The average molecular weight is 601 g/mol. The van der Waals surface area contributed by atoms with E-state index in [2.05, 4.69) is 0 Å². The summed E-state index contributed by atoms with van der Waals surface area (Å²) < 4.78 is 254. The van der Waals surface area contributed by atoms with Crippen LogP contribution in [-0.4, -0.2) is 0 Å². The molecule has 45 heavy (non-hydrogen) atoms. The normalized spacial score (nSPS) is 20.3. The molecular weight excluding hydrogens is 544 g/mol. The first-order chi connectivity index (χ1) is 34.0. The van der Waals surface area contributed by atoms with Gasteiger partial charge in [-0.15, -0.1) is 0 Å². The number of hydrogen-bond donors (Lipinski definition) is 0. The van der Waals surface area contributed by atoms with Crippen molar-refractivity contribution < 1.29 is 42.8 Å². The Morgan fingerprint density at radius 1 is 0.333 bits per heavy atom. The maximum absolute atomic E-state index is 9.51. The Morgan fingerprint density at radius 2 is 0.822 bits per heavy atom. The molecule has 0 N–H and O–H groups in total. The maximum Gasteiger partial charge on any atom is 0.136 e. The fraction of sp³-hybridized carbons (Fsp3) is 0. The molecule has 1 nitrogen and oxygen atoms in total. The maximum atomic E-state index is 9.51. The van der Waals surface area contributed by atoms with Gasteiger partial charge in [0.05, 0.1) is 38.4 Å². The van der Waals surface area contributed by atoms with Crippen LogP contribution in [0.3, 0.4) is 0 Å². The Morgan fingerprint density at radius 3 is 1.42 bits per heavy atom. The van der Waals surface area contributed by atoms with Gasteiger partial charge in [-0.3, -0.25) is 0 Å². The molecule has 1 aromatic heterocycles. The number of hydrogen-bond acceptors (Lipinski definition) is 1. The molecule has 0 aliphatic rings. The van der Waals surface area contributed by atoms with Crippen LogP contribution in [0, 0.1) is 0 Å². The molecule has 0 aliphatic carbocycles. The number of fused-ring (bicyclic) bond motifs is 5. The Labute approximate surface area is 301 Å². The molecule has 0 radical (unpaired) electrons. The summed E-state index contributed by atoms with van der Waals surface area (Å²) in [6, 6.07) is -26.2. The minimum Gasteiger partial charge on any atom is -0.456 e. The van der Waals surface area contributed by atoms with Crippen molar-refractivity contribution in [3.63, 3.8) is 0 Å². The van der Waals surface area contributed by atoms with Crippen molar-refractivity contribution in [3.05, 3.63) is 169 Å². The molecule has 0 bridgehead atoms. The van der Waals surface area contributed by atoms with Gasteiger partial charge in [-0.05, 0) is 84.2 Å². The molecule has 0 aliphatic heterocycles. The van der Waals surface area contributed by atoms with Crippen molar-refractivity contribution >= 4 is 43.5 Å². The largest absolute Gasteiger partial charge is 0.456 e. The van der Waals surface area contributed by atoms with Crippen LogP contribution in [0.25, 0.3) is 88.0 Å². The van der Waals surface area contributed by atoms with E-state index in [4.69, 9.17) is 27.7 Å². The zero-order valence-corrected chi connectivity index (χ0v) is 22.4. The zero-order chi connectivity index (χ0) is 54.1. The van der Waals surface area contributed by atoms with E-state index < -0.39 is 257 Å². The van der Waals surface area contributed by atoms with Crippen molar-refractivity contribution in [2.45, 2.75) is 0 Å². The highest BCUT2D eigenvalue weighted by atomic mass is 16.3. The van der Waals surface area contributed by atoms with Gasteiger partial charge in [-0.1, -0.05) is 151 Å². The van der Waals surface area contributed by atoms with E-state index in [1.54, 1.807) is 0 Å². The third-order valence-electron chi connectivity index (χ3n) is 7.07. The Kier molecular flexibility index (Phi) is 2.32. The number of furan rings is 1. The summed E-state index contributed by atoms with van der Waals surface area (Å²) in [5, 5.41) is -3.82. The van der Waals surface area contributed by atoms with Crippen molar-refractivity contribution in [1.82, 2.24) is 0 Å². The molecule has 9 rings (SSSR count). The van der Waals surface area contributed by atoms with Crippen LogP contribution in [-0.2, 0) is 0 Å². The van der Waals surface area contributed by atoms with E-state index in [1.165, 1.54) is 0 Å². The standard InChI is InChI=1S/C44H28O/c1-3-12-30(13-4-1)34-20-11-21-40-44(34)39-27-26-33(28-41(39)45-40)29-22-24-32(25-23-29)43-37-18-9-7-16-35(37)42(31-14-5-2-6-15-31)36-17-8-10-19-38(36)43/h1-28H/i1D,2D,3D,4D,5D,6D,7D,8D,9D,10D,11D,12D,13D,14D,15D,16D,17D,18D,19D,20D,21D,22D,23D,24D,25D,26D,27D,28D. The van der Waals surface area contributed by atoms with Gasteiger partial charge in [0.2, 0.25) is 0 Å². The summed E-state index contributed by atoms with van der Waals surface area (Å²) in [6.07, 6.45) is 0. The van der Waals surface area contributed by atoms with E-state index in [9.17, 15) is 15.1 Å². The minimum absolute atomic E-state index is 0.465. The van der Waals surface area contributed by atoms with Crippen molar-refractivity contribution in [2.24, 2.45) is 0 Å². The van der Waals surface area contributed by atoms with E-state index in [0.29, 0.717) is 0 Å². The van der Waals surface area contributed by atoms with Gasteiger partial charge in [-0.25, -0.2) is 0 Å². The fourth-order valence-electron chi connectivity index (χ4n) is 5.20. The van der Waals surface area contributed by atoms with Crippen molar-refractivity contribution in [3.8, 4) is 44.5 Å². The highest BCUT2D eigenvalue weighted by molar-refractivity contribution is 6.21. The van der Waals surface area contributed by atoms with Gasteiger partial charge in [0.1, 0.15) is 11.2 Å². The minimum atomic E-state index is -1.10. The lowest BCUT2D eigenvalue weighted by molar-refractivity contribution is 0.669. The monoisotopic (exact) mass is 600 g/mol. The molecule has 0 atom stereocenters. The van der Waals surface area contributed by atoms with E-state index in [0.717, 1.165) is 0 Å². The van der Waals surface area contributed by atoms with Gasteiger partial charge in [-0.2, -0.15) is 0 Å². The van der Waals surface area contributed by atoms with Crippen LogP contribution in [0.15, 0.2) is 174 Å².